The van der Waals surface area contributed by atoms with Crippen molar-refractivity contribution in [1.29, 1.82) is 0 Å². The molecule has 0 bridgehead atoms. The number of urea groups is 1. The molecule has 2 aliphatic heterocycles. The molecule has 8 nitrogen and oxygen atoms in total. The van der Waals surface area contributed by atoms with Crippen molar-refractivity contribution >= 4 is 41.1 Å². The van der Waals surface area contributed by atoms with Gasteiger partial charge in [0.2, 0.25) is 0 Å². The van der Waals surface area contributed by atoms with Crippen LogP contribution in [0.2, 0.25) is 0 Å². The van der Waals surface area contributed by atoms with E-state index >= 15 is 0 Å². The lowest BCUT2D eigenvalue weighted by Crippen LogP contribution is -2.55. The summed E-state index contributed by atoms with van der Waals surface area (Å²) < 4.78 is 19.3. The van der Waals surface area contributed by atoms with Crippen molar-refractivity contribution in [3.05, 3.63) is 59.0 Å². The number of thioether (sulfide) groups is 1. The number of aromatic nitrogens is 1. The van der Waals surface area contributed by atoms with Crippen LogP contribution in [0.1, 0.15) is 11.3 Å². The number of hydrogen-bond donors (Lipinski definition) is 1. The summed E-state index contributed by atoms with van der Waals surface area (Å²) >= 11 is 1.27. The maximum Gasteiger partial charge on any atom is 0.501 e. The Bertz CT molecular complexity index is 1060. The van der Waals surface area contributed by atoms with Crippen LogP contribution in [0, 0.1) is 12.7 Å². The molecule has 0 spiro atoms. The van der Waals surface area contributed by atoms with E-state index < -0.39 is 23.0 Å². The van der Waals surface area contributed by atoms with E-state index in [9.17, 15) is 18.8 Å². The fourth-order valence-electron chi connectivity index (χ4n) is 3.08. The molecular formula is C19H16FN4O4S+. The van der Waals surface area contributed by atoms with Gasteiger partial charge in [0.1, 0.15) is 23.8 Å². The minimum atomic E-state index is -0.607. The average Bonchev–Trinajstić information content (AvgIpc) is 3.33. The van der Waals surface area contributed by atoms with Crippen LogP contribution in [0.25, 0.3) is 0 Å². The summed E-state index contributed by atoms with van der Waals surface area (Å²) in [6.07, 6.45) is 1.66. The molecule has 0 radical (unpaired) electrons. The Kier molecular flexibility index (Phi) is 5.01. The molecule has 4 rings (SSSR count). The molecule has 1 aromatic carbocycles. The van der Waals surface area contributed by atoms with Crippen LogP contribution in [0.3, 0.4) is 0 Å². The lowest BCUT2D eigenvalue weighted by molar-refractivity contribution is -0.426. The Balaban J connectivity index is 1.57. The lowest BCUT2D eigenvalue weighted by atomic mass is 10.1. The van der Waals surface area contributed by atoms with Gasteiger partial charge in [0, 0.05) is 6.07 Å². The minimum absolute atomic E-state index is 0.0110. The first-order valence-electron chi connectivity index (χ1n) is 8.72. The van der Waals surface area contributed by atoms with Gasteiger partial charge >= 0.3 is 11.9 Å². The van der Waals surface area contributed by atoms with Gasteiger partial charge in [-0.1, -0.05) is 17.3 Å². The molecule has 2 aliphatic rings. The monoisotopic (exact) mass is 415 g/mol. The van der Waals surface area contributed by atoms with E-state index in [1.54, 1.807) is 24.5 Å². The molecule has 10 heteroatoms. The van der Waals surface area contributed by atoms with Crippen LogP contribution in [-0.4, -0.2) is 50.0 Å². The number of halogens is 1. The molecule has 0 saturated carbocycles. The summed E-state index contributed by atoms with van der Waals surface area (Å²) in [5.41, 5.74) is 1.07. The number of amides is 4. The van der Waals surface area contributed by atoms with E-state index in [0.29, 0.717) is 17.0 Å². The number of allylic oxidation sites excluding steroid dienone is 1. The predicted molar refractivity (Wildman–Crippen MR) is 103 cm³/mol. The number of hydrogen-bond acceptors (Lipinski definition) is 6. The zero-order chi connectivity index (χ0) is 20.5. The first-order chi connectivity index (χ1) is 13.9. The highest BCUT2D eigenvalue weighted by Crippen LogP contribution is 2.28. The number of benzene rings is 1. The van der Waals surface area contributed by atoms with Gasteiger partial charge in [-0.05, 0) is 36.1 Å². The fourth-order valence-corrected chi connectivity index (χ4v) is 4.05. The van der Waals surface area contributed by atoms with Crippen molar-refractivity contribution in [2.45, 2.75) is 18.7 Å². The smallest absolute Gasteiger partial charge is 0.360 e. The Hall–Kier alpha value is -3.27. The molecule has 148 valence electrons. The molecule has 0 fully saturated rings. The number of rotatable bonds is 5. The fraction of sp³-hybridized carbons (Fsp3) is 0.211. The van der Waals surface area contributed by atoms with Crippen molar-refractivity contribution in [2.75, 3.05) is 11.9 Å². The Morgan fingerprint density at radius 1 is 1.34 bits per heavy atom. The van der Waals surface area contributed by atoms with Crippen LogP contribution >= 0.6 is 11.8 Å². The standard InChI is InChI=1S/C19H15FN4O4S/c1-11-8-15(22-28-11)21-16(25)10-23-14-6-7-29-17(14)18(26)24(19(23)27)9-12-2-4-13(20)5-3-12/h2-8,17H,9-10H2,1H3/p+1. The van der Waals surface area contributed by atoms with Gasteiger partial charge < -0.3 is 9.84 Å². The van der Waals surface area contributed by atoms with E-state index in [-0.39, 0.29) is 24.8 Å². The number of fused-ring (bicyclic) bond motifs is 1. The van der Waals surface area contributed by atoms with Crippen molar-refractivity contribution in [2.24, 2.45) is 0 Å². The molecule has 3 heterocycles. The second-order valence-electron chi connectivity index (χ2n) is 6.53. The maximum atomic E-state index is 13.2. The van der Waals surface area contributed by atoms with Gasteiger partial charge in [-0.25, -0.2) is 9.18 Å². The summed E-state index contributed by atoms with van der Waals surface area (Å²) in [6, 6.07) is 6.51. The third kappa shape index (κ3) is 3.83. The zero-order valence-corrected chi connectivity index (χ0v) is 16.1. The minimum Gasteiger partial charge on any atom is -0.360 e. The highest BCUT2D eigenvalue weighted by Gasteiger charge is 2.49. The highest BCUT2D eigenvalue weighted by atomic mass is 32.2. The van der Waals surface area contributed by atoms with Crippen LogP contribution in [0.5, 0.6) is 0 Å². The summed E-state index contributed by atoms with van der Waals surface area (Å²) in [6.45, 7) is 1.40. The summed E-state index contributed by atoms with van der Waals surface area (Å²) in [7, 11) is 0. The number of anilines is 1. The van der Waals surface area contributed by atoms with Gasteiger partial charge in [0.25, 0.3) is 5.91 Å². The van der Waals surface area contributed by atoms with E-state index in [0.717, 1.165) is 4.90 Å². The van der Waals surface area contributed by atoms with Crippen LogP contribution < -0.4 is 5.32 Å². The maximum absolute atomic E-state index is 13.2. The summed E-state index contributed by atoms with van der Waals surface area (Å²) in [5, 5.41) is 7.38. The van der Waals surface area contributed by atoms with Gasteiger partial charge in [0.05, 0.1) is 0 Å². The third-order valence-electron chi connectivity index (χ3n) is 4.44. The van der Waals surface area contributed by atoms with Gasteiger partial charge in [-0.2, -0.15) is 14.3 Å². The summed E-state index contributed by atoms with van der Waals surface area (Å²) in [4.78, 5) is 39.3. The predicted octanol–water partition coefficient (Wildman–Crippen LogP) is 2.31. The average molecular weight is 415 g/mol. The molecule has 1 atom stereocenters. The Labute approximate surface area is 169 Å². The van der Waals surface area contributed by atoms with Gasteiger partial charge in [-0.15, -0.1) is 11.8 Å². The zero-order valence-electron chi connectivity index (χ0n) is 15.3. The summed E-state index contributed by atoms with van der Waals surface area (Å²) in [5.74, 6) is -0.464. The first kappa shape index (κ1) is 19.1. The molecule has 29 heavy (non-hydrogen) atoms. The topological polar surface area (TPSA) is 95.5 Å². The SMILES string of the molecule is Cc1cc(NC(=O)C[N+]2=C3C=CSC3C(=O)N(Cc3ccc(F)cc3)C2=O)no1. The quantitative estimate of drug-likeness (QED) is 0.753. The van der Waals surface area contributed by atoms with Crippen molar-refractivity contribution in [3.8, 4) is 0 Å². The first-order valence-corrected chi connectivity index (χ1v) is 9.66. The highest BCUT2D eigenvalue weighted by molar-refractivity contribution is 8.04. The molecule has 0 saturated heterocycles. The number of nitrogens with zero attached hydrogens (tertiary/aromatic N) is 3. The third-order valence-corrected chi connectivity index (χ3v) is 5.45. The van der Waals surface area contributed by atoms with Crippen molar-refractivity contribution < 1.29 is 27.9 Å². The van der Waals surface area contributed by atoms with E-state index in [4.69, 9.17) is 4.52 Å². The molecular weight excluding hydrogens is 399 g/mol. The second-order valence-corrected chi connectivity index (χ2v) is 7.55. The molecule has 0 aliphatic carbocycles. The van der Waals surface area contributed by atoms with Crippen LogP contribution in [0.15, 0.2) is 46.3 Å². The molecule has 1 aromatic heterocycles. The molecule has 4 amide bonds. The van der Waals surface area contributed by atoms with E-state index in [1.807, 2.05) is 0 Å². The number of carbonyl (C=O) groups excluding carboxylic acids is 3. The number of carbonyl (C=O) groups is 3. The van der Waals surface area contributed by atoms with E-state index in [1.165, 1.54) is 40.6 Å². The second kappa shape index (κ2) is 7.63. The van der Waals surface area contributed by atoms with Gasteiger partial charge in [0.15, 0.2) is 17.6 Å². The molecule has 1 unspecified atom stereocenters. The Morgan fingerprint density at radius 2 is 2.10 bits per heavy atom. The number of nitrogens with one attached hydrogen (secondary N) is 1. The normalized spacial score (nSPS) is 18.4. The van der Waals surface area contributed by atoms with Crippen LogP contribution in [-0.2, 0) is 16.1 Å². The van der Waals surface area contributed by atoms with E-state index in [2.05, 4.69) is 10.5 Å². The van der Waals surface area contributed by atoms with Gasteiger partial charge in [-0.3, -0.25) is 4.79 Å². The Morgan fingerprint density at radius 3 is 2.79 bits per heavy atom. The molecule has 2 aromatic rings. The van der Waals surface area contributed by atoms with Crippen molar-refractivity contribution in [3.63, 3.8) is 0 Å². The number of aryl methyl sites for hydroxylation is 1. The van der Waals surface area contributed by atoms with Crippen molar-refractivity contribution in [1.82, 2.24) is 10.1 Å². The largest absolute Gasteiger partial charge is 0.501 e. The number of imide groups is 1. The molecule has 1 N–H and O–H groups in total. The lowest BCUT2D eigenvalue weighted by Gasteiger charge is -2.24. The van der Waals surface area contributed by atoms with Crippen LogP contribution in [0.4, 0.5) is 15.0 Å².